The lowest BCUT2D eigenvalue weighted by atomic mass is 9.93. The van der Waals surface area contributed by atoms with Gasteiger partial charge in [-0.2, -0.15) is 0 Å². The van der Waals surface area contributed by atoms with Gasteiger partial charge < -0.3 is 35.3 Å². The maximum absolute atomic E-state index is 13.9. The molecule has 1 aliphatic carbocycles. The molecule has 22 heteroatoms. The molecule has 3 fully saturated rings. The van der Waals surface area contributed by atoms with Crippen LogP contribution in [0.3, 0.4) is 0 Å². The predicted molar refractivity (Wildman–Crippen MR) is 449 cm³/mol. The number of carbonyl (C=O) groups excluding carboxylic acids is 3. The molecule has 0 atom stereocenters. The van der Waals surface area contributed by atoms with E-state index >= 15 is 0 Å². The lowest BCUT2D eigenvalue weighted by Crippen LogP contribution is -2.54. The number of hydrogen-bond acceptors (Lipinski definition) is 15. The molecule has 15 rings (SSSR count). The number of benzene rings is 9. The fourth-order valence-electron chi connectivity index (χ4n) is 14.1. The first-order valence-corrected chi connectivity index (χ1v) is 41.1. The highest BCUT2D eigenvalue weighted by molar-refractivity contribution is 9.09. The van der Waals surface area contributed by atoms with Crippen molar-refractivity contribution < 1.29 is 60.0 Å². The molecule has 0 unspecified atom stereocenters. The number of aromatic hydroxyl groups is 1. The van der Waals surface area contributed by atoms with Gasteiger partial charge in [0, 0.05) is 115 Å². The lowest BCUT2D eigenvalue weighted by Gasteiger charge is -2.40. The molecule has 4 N–H and O–H groups in total. The van der Waals surface area contributed by atoms with Gasteiger partial charge in [-0.25, -0.2) is 13.2 Å². The lowest BCUT2D eigenvalue weighted by molar-refractivity contribution is 0.103. The smallest absolute Gasteiger partial charge is 0.207 e. The number of phenols is 1. The number of thiophene rings is 3. The van der Waals surface area contributed by atoms with Crippen LogP contribution in [-0.4, -0.2) is 115 Å². The Bertz CT molecular complexity index is 5060. The molecule has 12 aromatic rings. The van der Waals surface area contributed by atoms with Gasteiger partial charge in [-0.15, -0.1) is 34.0 Å². The van der Waals surface area contributed by atoms with E-state index in [2.05, 4.69) is 53.8 Å². The minimum absolute atomic E-state index is 0.100. The summed E-state index contributed by atoms with van der Waals surface area (Å²) >= 11 is 7.13. The molecule has 12 nitrogen and oxygen atoms in total. The van der Waals surface area contributed by atoms with E-state index < -0.39 is 0 Å². The highest BCUT2D eigenvalue weighted by Gasteiger charge is 2.31. The van der Waals surface area contributed by atoms with Crippen molar-refractivity contribution in [3.63, 3.8) is 0 Å². The summed E-state index contributed by atoms with van der Waals surface area (Å²) < 4.78 is 98.9. The number of rotatable bonds is 26. The maximum atomic E-state index is 13.9. The SMILES string of the molecule is Cc1cc(F)cc(C)c1C(=O)c1sc2cc(O)ccc2c1Oc1ccc(NC2CN(CCCF)C2)cc1.Cc1ccc2c(Oc3ccc(NC4CCC4)cc3)c(C(=O)c3c(C)cc(F)cc3C)sc2c1.Cc1ccc2c(Oc3ccc(NC4CN(CCCF)C4)cc3)c(C(=O)c3c(C)cc(F)cc3C)sc2c1.FCCCBr. The number of carbonyl (C=O) groups is 3. The molecule has 0 radical (unpaired) electrons. The van der Waals surface area contributed by atoms with E-state index in [4.69, 9.17) is 14.2 Å². The first-order chi connectivity index (χ1) is 53.9. The highest BCUT2D eigenvalue weighted by Crippen LogP contribution is 2.47. The van der Waals surface area contributed by atoms with Gasteiger partial charge in [0.15, 0.2) is 17.2 Å². The third-order valence-corrected chi connectivity index (χ3v) is 23.8. The van der Waals surface area contributed by atoms with Crippen LogP contribution < -0.4 is 30.2 Å². The van der Waals surface area contributed by atoms with Crippen molar-refractivity contribution in [2.24, 2.45) is 0 Å². The summed E-state index contributed by atoms with van der Waals surface area (Å²) in [5, 5.41) is 23.8. The van der Waals surface area contributed by atoms with Crippen LogP contribution in [0.2, 0.25) is 0 Å². The second-order valence-electron chi connectivity index (χ2n) is 28.9. The molecule has 0 spiro atoms. The van der Waals surface area contributed by atoms with Gasteiger partial charge in [0.25, 0.3) is 0 Å². The van der Waals surface area contributed by atoms with Crippen LogP contribution >= 0.6 is 49.9 Å². The first kappa shape index (κ1) is 81.9. The van der Waals surface area contributed by atoms with Crippen molar-refractivity contribution in [2.45, 2.75) is 112 Å². The maximum Gasteiger partial charge on any atom is 0.207 e. The van der Waals surface area contributed by atoms with Gasteiger partial charge in [0.2, 0.25) is 17.3 Å². The van der Waals surface area contributed by atoms with Crippen LogP contribution in [0.25, 0.3) is 30.3 Å². The number of ether oxygens (including phenoxy) is 3. The van der Waals surface area contributed by atoms with Crippen LogP contribution in [0.15, 0.2) is 164 Å². The van der Waals surface area contributed by atoms with Gasteiger partial charge in [-0.3, -0.25) is 37.4 Å². The molecule has 584 valence electrons. The zero-order chi connectivity index (χ0) is 79.4. The number of likely N-dealkylation sites (tertiary alicyclic amines) is 2. The van der Waals surface area contributed by atoms with Gasteiger partial charge in [0.05, 0.1) is 32.1 Å². The van der Waals surface area contributed by atoms with E-state index in [-0.39, 0.29) is 60.6 Å². The minimum Gasteiger partial charge on any atom is -0.508 e. The number of nitrogens with zero attached hydrogens (tertiary/aromatic N) is 2. The quantitative estimate of drug-likeness (QED) is 0.0233. The molecule has 112 heavy (non-hydrogen) atoms. The van der Waals surface area contributed by atoms with Crippen LogP contribution in [0.4, 0.5) is 43.4 Å². The Balaban J connectivity index is 0.000000151. The van der Waals surface area contributed by atoms with Crippen molar-refractivity contribution in [1.82, 2.24) is 9.80 Å². The summed E-state index contributed by atoms with van der Waals surface area (Å²) in [7, 11) is 0. The summed E-state index contributed by atoms with van der Waals surface area (Å²) in [6.07, 6.45) is 5.51. The Hall–Kier alpha value is -9.55. The Morgan fingerprint density at radius 3 is 1.01 bits per heavy atom. The Kier molecular flexibility index (Phi) is 27.4. The van der Waals surface area contributed by atoms with Crippen molar-refractivity contribution in [3.8, 4) is 40.2 Å². The second kappa shape index (κ2) is 37.4. The minimum atomic E-state index is -0.382. The van der Waals surface area contributed by atoms with Gasteiger partial charge in [-0.05, 0) is 290 Å². The van der Waals surface area contributed by atoms with Crippen molar-refractivity contribution in [3.05, 3.63) is 257 Å². The van der Waals surface area contributed by atoms with Crippen LogP contribution in [0.5, 0.6) is 40.2 Å². The Morgan fingerprint density at radius 1 is 0.420 bits per heavy atom. The monoisotopic (exact) mass is 1640 g/mol. The number of fused-ring (bicyclic) bond motifs is 3. The molecule has 3 aliphatic rings. The molecule has 1 saturated carbocycles. The number of ketones is 3. The number of hydrogen-bond donors (Lipinski definition) is 4. The molecule has 2 aliphatic heterocycles. The summed E-state index contributed by atoms with van der Waals surface area (Å²) in [4.78, 5) is 47.0. The fraction of sp³-hybridized carbons (Fsp3) is 0.300. The zero-order valence-corrected chi connectivity index (χ0v) is 67.8. The van der Waals surface area contributed by atoms with Crippen LogP contribution in [0, 0.1) is 72.8 Å². The van der Waals surface area contributed by atoms with E-state index in [1.54, 1.807) is 59.7 Å². The van der Waals surface area contributed by atoms with Crippen molar-refractivity contribution in [2.75, 3.05) is 80.6 Å². The second-order valence-corrected chi connectivity index (χ2v) is 32.8. The number of halogens is 7. The largest absolute Gasteiger partial charge is 0.508 e. The zero-order valence-electron chi connectivity index (χ0n) is 63.8. The molecule has 2 saturated heterocycles. The van der Waals surface area contributed by atoms with Crippen LogP contribution in [-0.2, 0) is 0 Å². The first-order valence-electron chi connectivity index (χ1n) is 37.5. The van der Waals surface area contributed by atoms with Gasteiger partial charge in [0.1, 0.15) is 55.1 Å². The molecule has 0 bridgehead atoms. The average molecular weight is 1640 g/mol. The van der Waals surface area contributed by atoms with Crippen molar-refractivity contribution in [1.29, 1.82) is 0 Å². The normalized spacial score (nSPS) is 13.7. The molecule has 9 aromatic carbocycles. The predicted octanol–water partition coefficient (Wildman–Crippen LogP) is 24.0. The van der Waals surface area contributed by atoms with Crippen molar-refractivity contribution >= 4 is 115 Å². The number of aryl methyl sites for hydroxylation is 8. The van der Waals surface area contributed by atoms with E-state index in [1.807, 2.05) is 111 Å². The fourth-order valence-corrected chi connectivity index (χ4v) is 17.8. The van der Waals surface area contributed by atoms with E-state index in [0.717, 1.165) is 97.7 Å². The van der Waals surface area contributed by atoms with E-state index in [0.29, 0.717) is 142 Å². The molecule has 5 heterocycles. The van der Waals surface area contributed by atoms with E-state index in [9.17, 15) is 45.8 Å². The Labute approximate surface area is 669 Å². The molecular weight excluding hydrogens is 1550 g/mol. The third kappa shape index (κ3) is 19.9. The number of nitrogens with one attached hydrogen (secondary N) is 3. The van der Waals surface area contributed by atoms with Crippen LogP contribution in [0.1, 0.15) is 129 Å². The average Bonchev–Trinajstić information content (AvgIpc) is 1.62. The number of alkyl halides is 4. The highest BCUT2D eigenvalue weighted by atomic mass is 79.9. The summed E-state index contributed by atoms with van der Waals surface area (Å²) in [6.45, 7) is 19.0. The number of phenolic OH excluding ortho intramolecular Hbond substituents is 1. The van der Waals surface area contributed by atoms with Gasteiger partial charge in [-0.1, -0.05) is 28.1 Å². The van der Waals surface area contributed by atoms with E-state index in [1.165, 1.54) is 89.7 Å². The molecule has 0 amide bonds. The summed E-state index contributed by atoms with van der Waals surface area (Å²) in [6, 6.07) is 49.7. The number of anilines is 3. The Morgan fingerprint density at radius 2 is 0.723 bits per heavy atom. The third-order valence-electron chi connectivity index (χ3n) is 19.9. The summed E-state index contributed by atoms with van der Waals surface area (Å²) in [5.41, 5.74) is 10.3. The standard InChI is InChI=1S/C30H30F2N2O2S.C29H28F2N2O3S.C28H26FNO2S.C3H6BrF/c1-18-5-10-25-26(13-18)37-30(28(35)27-19(2)14-21(32)15-20(27)3)29(25)36-24-8-6-22(7-9-24)33-23-16-34(17-23)12-4-11-31;1-17-12-19(31)13-18(2)26(17)27(35)29-28(24-9-6-22(34)14-25(24)37-29)36-23-7-4-20(5-8-23)32-21-15-33(16-21)11-3-10-30;1-16-7-12-23-24(13-16)33-28(26(31)25-17(2)14-19(29)15-18(25)3)27(23)32-22-10-8-21(9-11-22)30-20-5-4-6-20;4-2-1-3-5/h5-10,13-15,23,33H,4,11-12,16-17H2,1-3H3;4-9,12-14,21,32,34H,3,10-11,15-16H2,1-2H3;7-15,20,30H,4-6H2,1-3H3;1-3H2. The summed E-state index contributed by atoms with van der Waals surface area (Å²) in [5.74, 6) is 1.86. The van der Waals surface area contributed by atoms with Gasteiger partial charge >= 0.3 is 0 Å². The topological polar surface area (TPSA) is 142 Å². The molecular formula is C90H90BrF6N5O7S3. The molecule has 3 aromatic heterocycles.